The molecule has 0 aromatic carbocycles. The quantitative estimate of drug-likeness (QED) is 0.852. The third-order valence-electron chi connectivity index (χ3n) is 2.79. The zero-order chi connectivity index (χ0) is 11.5. The maximum Gasteiger partial charge on any atom is 0.0739 e. The highest BCUT2D eigenvalue weighted by molar-refractivity contribution is 5.20. The molecule has 0 aliphatic heterocycles. The van der Waals surface area contributed by atoms with E-state index in [0.717, 1.165) is 12.2 Å². The second-order valence-electron chi connectivity index (χ2n) is 4.05. The van der Waals surface area contributed by atoms with Gasteiger partial charge in [0.05, 0.1) is 12.2 Å². The zero-order valence-corrected chi connectivity index (χ0v) is 9.99. The van der Waals surface area contributed by atoms with Gasteiger partial charge in [-0.05, 0) is 44.5 Å². The van der Waals surface area contributed by atoms with Crippen molar-refractivity contribution >= 4 is 0 Å². The molecule has 0 radical (unpaired) electrons. The number of hydrogen-bond donors (Lipinski definition) is 1. The molecular formula is C13H17N3. The smallest absolute Gasteiger partial charge is 0.0739 e. The lowest BCUT2D eigenvalue weighted by molar-refractivity contribution is 0.777. The maximum absolute atomic E-state index is 4.36. The highest BCUT2D eigenvalue weighted by atomic mass is 15.4. The van der Waals surface area contributed by atoms with E-state index in [0.29, 0.717) is 0 Å². The first-order valence-corrected chi connectivity index (χ1v) is 5.48. The van der Waals surface area contributed by atoms with Crippen molar-refractivity contribution in [3.8, 4) is 0 Å². The Morgan fingerprint density at radius 1 is 1.12 bits per heavy atom. The van der Waals surface area contributed by atoms with Crippen LogP contribution in [-0.4, -0.2) is 9.66 Å². The molecule has 0 bridgehead atoms. The second kappa shape index (κ2) is 4.39. The molecule has 0 aliphatic rings. The van der Waals surface area contributed by atoms with Crippen LogP contribution in [0.5, 0.6) is 0 Å². The number of hydrogen-bond acceptors (Lipinski definition) is 2. The Bertz CT molecular complexity index is 466. The van der Waals surface area contributed by atoms with Crippen molar-refractivity contribution in [2.45, 2.75) is 27.3 Å². The molecule has 16 heavy (non-hydrogen) atoms. The summed E-state index contributed by atoms with van der Waals surface area (Å²) in [4.78, 5) is 4.36. The van der Waals surface area contributed by atoms with Crippen molar-refractivity contribution in [1.29, 1.82) is 0 Å². The summed E-state index contributed by atoms with van der Waals surface area (Å²) >= 11 is 0. The van der Waals surface area contributed by atoms with E-state index in [1.54, 1.807) is 0 Å². The van der Waals surface area contributed by atoms with Gasteiger partial charge >= 0.3 is 0 Å². The summed E-state index contributed by atoms with van der Waals surface area (Å²) in [5, 5.41) is 0. The van der Waals surface area contributed by atoms with Gasteiger partial charge in [-0.15, -0.1) is 0 Å². The standard InChI is InChI=1S/C13H17N3/c1-10-5-4-8-14-13(10)9-15-16-11(2)6-7-12(16)3/h4-8,15H,9H2,1-3H3. The molecule has 0 atom stereocenters. The normalized spacial score (nSPS) is 10.4. The van der Waals surface area contributed by atoms with Crippen LogP contribution in [0.4, 0.5) is 0 Å². The molecule has 0 unspecified atom stereocenters. The Morgan fingerprint density at radius 3 is 2.44 bits per heavy atom. The van der Waals surface area contributed by atoms with E-state index < -0.39 is 0 Å². The summed E-state index contributed by atoms with van der Waals surface area (Å²) < 4.78 is 2.09. The van der Waals surface area contributed by atoms with E-state index in [2.05, 4.69) is 54.1 Å². The molecule has 84 valence electrons. The molecule has 0 aliphatic carbocycles. The average molecular weight is 215 g/mol. The molecule has 0 spiro atoms. The van der Waals surface area contributed by atoms with Crippen LogP contribution in [0.2, 0.25) is 0 Å². The lowest BCUT2D eigenvalue weighted by Crippen LogP contribution is -2.18. The fourth-order valence-corrected chi connectivity index (χ4v) is 1.78. The number of pyridine rings is 1. The van der Waals surface area contributed by atoms with Gasteiger partial charge in [0.15, 0.2) is 0 Å². The van der Waals surface area contributed by atoms with Crippen LogP contribution in [0.25, 0.3) is 0 Å². The van der Waals surface area contributed by atoms with E-state index in [1.165, 1.54) is 17.0 Å². The molecule has 0 amide bonds. The van der Waals surface area contributed by atoms with Crippen LogP contribution in [0, 0.1) is 20.8 Å². The third kappa shape index (κ3) is 2.08. The van der Waals surface area contributed by atoms with Gasteiger partial charge in [0.1, 0.15) is 0 Å². The fourth-order valence-electron chi connectivity index (χ4n) is 1.78. The summed E-state index contributed by atoms with van der Waals surface area (Å²) in [6.07, 6.45) is 1.83. The predicted molar refractivity (Wildman–Crippen MR) is 65.9 cm³/mol. The minimum Gasteiger partial charge on any atom is -0.320 e. The Balaban J connectivity index is 2.11. The third-order valence-corrected chi connectivity index (χ3v) is 2.79. The van der Waals surface area contributed by atoms with E-state index in [-0.39, 0.29) is 0 Å². The Kier molecular flexibility index (Phi) is 2.95. The van der Waals surface area contributed by atoms with Gasteiger partial charge in [-0.2, -0.15) is 0 Å². The number of nitrogens with one attached hydrogen (secondary N) is 1. The van der Waals surface area contributed by atoms with E-state index >= 15 is 0 Å². The lowest BCUT2D eigenvalue weighted by atomic mass is 10.2. The first-order chi connectivity index (χ1) is 7.68. The summed E-state index contributed by atoms with van der Waals surface area (Å²) in [7, 11) is 0. The van der Waals surface area contributed by atoms with Crippen molar-refractivity contribution in [2.75, 3.05) is 5.43 Å². The van der Waals surface area contributed by atoms with Gasteiger partial charge in [0.2, 0.25) is 0 Å². The van der Waals surface area contributed by atoms with Crippen LogP contribution < -0.4 is 5.43 Å². The highest BCUT2D eigenvalue weighted by Crippen LogP contribution is 2.07. The first kappa shape index (κ1) is 10.7. The first-order valence-electron chi connectivity index (χ1n) is 5.48. The maximum atomic E-state index is 4.36. The van der Waals surface area contributed by atoms with Gasteiger partial charge in [-0.25, -0.2) is 0 Å². The monoisotopic (exact) mass is 215 g/mol. The minimum atomic E-state index is 0.753. The van der Waals surface area contributed by atoms with Crippen molar-refractivity contribution in [3.05, 3.63) is 53.1 Å². The average Bonchev–Trinajstić information content (AvgIpc) is 2.58. The van der Waals surface area contributed by atoms with Gasteiger partial charge in [-0.1, -0.05) is 6.07 Å². The molecule has 0 saturated heterocycles. The highest BCUT2D eigenvalue weighted by Gasteiger charge is 2.02. The lowest BCUT2D eigenvalue weighted by Gasteiger charge is -2.13. The fraction of sp³-hybridized carbons (Fsp3) is 0.308. The largest absolute Gasteiger partial charge is 0.320 e. The van der Waals surface area contributed by atoms with Gasteiger partial charge < -0.3 is 5.43 Å². The van der Waals surface area contributed by atoms with Crippen molar-refractivity contribution in [2.24, 2.45) is 0 Å². The van der Waals surface area contributed by atoms with E-state index in [4.69, 9.17) is 0 Å². The van der Waals surface area contributed by atoms with E-state index in [9.17, 15) is 0 Å². The number of aromatic nitrogens is 2. The molecule has 3 heteroatoms. The molecule has 0 saturated carbocycles. The molecule has 2 rings (SSSR count). The van der Waals surface area contributed by atoms with Crippen molar-refractivity contribution in [1.82, 2.24) is 9.66 Å². The van der Waals surface area contributed by atoms with Crippen molar-refractivity contribution < 1.29 is 0 Å². The van der Waals surface area contributed by atoms with Crippen LogP contribution >= 0.6 is 0 Å². The van der Waals surface area contributed by atoms with Gasteiger partial charge in [-0.3, -0.25) is 9.66 Å². The Labute approximate surface area is 96.1 Å². The number of nitrogens with zero attached hydrogens (tertiary/aromatic N) is 2. The van der Waals surface area contributed by atoms with Gasteiger partial charge in [0.25, 0.3) is 0 Å². The number of aryl methyl sites for hydroxylation is 3. The summed E-state index contributed by atoms with van der Waals surface area (Å²) in [5.41, 5.74) is 8.11. The molecule has 0 fully saturated rings. The predicted octanol–water partition coefficient (Wildman–Crippen LogP) is 2.55. The minimum absolute atomic E-state index is 0.753. The zero-order valence-electron chi connectivity index (χ0n) is 9.99. The van der Waals surface area contributed by atoms with Crippen LogP contribution in [0.3, 0.4) is 0 Å². The number of rotatable bonds is 3. The topological polar surface area (TPSA) is 29.9 Å². The Hall–Kier alpha value is -1.77. The summed E-state index contributed by atoms with van der Waals surface area (Å²) in [6, 6.07) is 8.26. The summed E-state index contributed by atoms with van der Waals surface area (Å²) in [5.74, 6) is 0. The second-order valence-corrected chi connectivity index (χ2v) is 4.05. The Morgan fingerprint density at radius 2 is 1.81 bits per heavy atom. The molecule has 3 nitrogen and oxygen atoms in total. The SMILES string of the molecule is Cc1cccnc1CNn1c(C)ccc1C. The molecule has 2 heterocycles. The van der Waals surface area contributed by atoms with Crippen LogP contribution in [-0.2, 0) is 6.54 Å². The molecular weight excluding hydrogens is 198 g/mol. The van der Waals surface area contributed by atoms with Crippen molar-refractivity contribution in [3.63, 3.8) is 0 Å². The summed E-state index contributed by atoms with van der Waals surface area (Å²) in [6.45, 7) is 7.01. The molecule has 2 aromatic heterocycles. The van der Waals surface area contributed by atoms with E-state index in [1.807, 2.05) is 12.3 Å². The van der Waals surface area contributed by atoms with Crippen LogP contribution in [0.1, 0.15) is 22.6 Å². The van der Waals surface area contributed by atoms with Gasteiger partial charge in [0, 0.05) is 17.6 Å². The molecule has 2 aromatic rings. The van der Waals surface area contributed by atoms with Crippen LogP contribution in [0.15, 0.2) is 30.5 Å². The molecule has 1 N–H and O–H groups in total.